The van der Waals surface area contributed by atoms with Crippen LogP contribution in [0.15, 0.2) is 48.1 Å². The van der Waals surface area contributed by atoms with Crippen molar-refractivity contribution in [1.29, 1.82) is 0 Å². The van der Waals surface area contributed by atoms with Gasteiger partial charge >= 0.3 is 6.09 Å². The number of amides is 1. The highest BCUT2D eigenvalue weighted by Crippen LogP contribution is 2.40. The molecule has 3 aliphatic carbocycles. The molecule has 2 aliphatic heterocycles. The first-order chi connectivity index (χ1) is 22.4. The number of rotatable bonds is 4. The Morgan fingerprint density at radius 3 is 2.48 bits per heavy atom. The number of halogens is 1. The Balaban J connectivity index is 0.000000406. The van der Waals surface area contributed by atoms with E-state index in [1.807, 2.05) is 50.3 Å². The van der Waals surface area contributed by atoms with Gasteiger partial charge in [-0.1, -0.05) is 70.6 Å². The van der Waals surface area contributed by atoms with Crippen LogP contribution in [0.4, 0.5) is 15.0 Å². The molecule has 5 aliphatic rings. The number of piperazine rings is 1. The summed E-state index contributed by atoms with van der Waals surface area (Å²) in [6.45, 7) is 10.0. The van der Waals surface area contributed by atoms with E-state index >= 15 is 4.39 Å². The second-order valence-corrected chi connectivity index (χ2v) is 12.6. The fraction of sp³-hybridized carbons (Fsp3) is 0.528. The number of hydrogen-bond acceptors (Lipinski definition) is 7. The molecule has 7 rings (SSSR count). The van der Waals surface area contributed by atoms with Crippen LogP contribution in [0.3, 0.4) is 0 Å². The van der Waals surface area contributed by atoms with E-state index in [4.69, 9.17) is 4.74 Å². The average Bonchev–Trinajstić information content (AvgIpc) is 3.86. The summed E-state index contributed by atoms with van der Waals surface area (Å²) in [7, 11) is 0. The lowest BCUT2D eigenvalue weighted by molar-refractivity contribution is -0.116. The van der Waals surface area contributed by atoms with Gasteiger partial charge < -0.3 is 15.0 Å². The van der Waals surface area contributed by atoms with E-state index in [9.17, 15) is 9.59 Å². The number of allylic oxidation sites excluding steroid dienone is 4. The minimum Gasteiger partial charge on any atom is -0.446 e. The zero-order valence-electron chi connectivity index (χ0n) is 27.7. The Morgan fingerprint density at radius 2 is 1.80 bits per heavy atom. The van der Waals surface area contributed by atoms with Gasteiger partial charge in [0.1, 0.15) is 18.1 Å². The molecule has 2 aromatic rings. The molecule has 9 nitrogen and oxygen atoms in total. The van der Waals surface area contributed by atoms with Gasteiger partial charge in [0.25, 0.3) is 0 Å². The lowest BCUT2D eigenvalue weighted by atomic mass is 9.91. The molecule has 1 N–H and O–H groups in total. The van der Waals surface area contributed by atoms with E-state index in [0.29, 0.717) is 38.4 Å². The molecule has 46 heavy (non-hydrogen) atoms. The number of ketones is 1. The standard InChI is InChI=1S/C27H28FN6O3.C7H14.C2H6/c1-17-4-7-20(14-19(35)13-17)37-27(36)33-11-9-32(10-12-33)26-23(28)16-34-25(31-26)22(15-30-34)21-3-2-8-29-24(21)18-5-6-18;1-7-5-3-2-4-6-7;1-2/h2-3,5-6,8,13,15-16,20,26,31H,4,7,9-12,14H2,1H3;7H,2-6H2,1H3;1-2H3/t20-,26?;;/m1../s1. The highest BCUT2D eigenvalue weighted by Gasteiger charge is 2.34. The molecule has 1 saturated heterocycles. The van der Waals surface area contributed by atoms with Crippen LogP contribution in [0.5, 0.6) is 0 Å². The second-order valence-electron chi connectivity index (χ2n) is 12.6. The minimum absolute atomic E-state index is 0.00717. The largest absolute Gasteiger partial charge is 0.446 e. The number of hydrogen-bond donors (Lipinski definition) is 1. The smallest absolute Gasteiger partial charge is 0.410 e. The van der Waals surface area contributed by atoms with E-state index < -0.39 is 18.4 Å². The molecular weight excluding hydrogens is 583 g/mol. The van der Waals surface area contributed by atoms with Crippen molar-refractivity contribution in [3.63, 3.8) is 0 Å². The number of carbonyl (C=O) groups is 2. The molecule has 247 valence electrons. The maximum absolute atomic E-state index is 15.1. The van der Waals surface area contributed by atoms with Crippen LogP contribution in [0, 0.1) is 12.3 Å². The number of aromatic nitrogens is 3. The van der Waals surface area contributed by atoms with Gasteiger partial charge in [0, 0.05) is 56.3 Å². The lowest BCUT2D eigenvalue weighted by Gasteiger charge is -2.40. The van der Waals surface area contributed by atoms with Gasteiger partial charge in [-0.3, -0.25) is 14.7 Å². The van der Waals surface area contributed by atoms with Crippen molar-refractivity contribution >= 4 is 29.5 Å². The molecule has 4 heterocycles. The Bertz CT molecular complexity index is 1470. The molecule has 1 radical (unpaired) electrons. The fourth-order valence-electron chi connectivity index (χ4n) is 6.41. The average molecular weight is 632 g/mol. The van der Waals surface area contributed by atoms with Crippen LogP contribution in [0.25, 0.3) is 22.9 Å². The fourth-order valence-corrected chi connectivity index (χ4v) is 6.41. The predicted octanol–water partition coefficient (Wildman–Crippen LogP) is 7.50. The summed E-state index contributed by atoms with van der Waals surface area (Å²) in [6, 6.07) is 3.87. The van der Waals surface area contributed by atoms with Gasteiger partial charge in [-0.2, -0.15) is 5.10 Å². The van der Waals surface area contributed by atoms with Crippen molar-refractivity contribution in [3.8, 4) is 11.1 Å². The molecule has 2 fully saturated rings. The zero-order valence-corrected chi connectivity index (χ0v) is 27.7. The number of nitrogens with zero attached hydrogens (tertiary/aromatic N) is 5. The van der Waals surface area contributed by atoms with Crippen LogP contribution in [0.2, 0.25) is 0 Å². The summed E-state index contributed by atoms with van der Waals surface area (Å²) in [6.07, 6.45) is 18.1. The number of ether oxygens (including phenoxy) is 1. The quantitative estimate of drug-likeness (QED) is 0.374. The summed E-state index contributed by atoms with van der Waals surface area (Å²) in [5, 5.41) is 7.68. The third-order valence-corrected chi connectivity index (χ3v) is 9.08. The van der Waals surface area contributed by atoms with E-state index in [-0.39, 0.29) is 18.0 Å². The van der Waals surface area contributed by atoms with Crippen LogP contribution < -0.4 is 5.32 Å². The van der Waals surface area contributed by atoms with Crippen LogP contribution in [-0.4, -0.2) is 74.9 Å². The molecule has 0 aromatic carbocycles. The van der Waals surface area contributed by atoms with Gasteiger partial charge in [-0.15, -0.1) is 0 Å². The van der Waals surface area contributed by atoms with Crippen molar-refractivity contribution < 1.29 is 18.7 Å². The topological polar surface area (TPSA) is 92.6 Å². The SMILES string of the molecule is CC.CC1=CC(=O)C[C@H](OC(=O)N2CCN(C3Nc4c(-c5cccnc5C5=C[CH]5)cnn4C=C3F)CC2)CC1.CC1CCCCC1. The Kier molecular flexibility index (Phi) is 11.4. The highest BCUT2D eigenvalue weighted by atomic mass is 19.1. The summed E-state index contributed by atoms with van der Waals surface area (Å²) in [5.41, 5.74) is 4.75. The summed E-state index contributed by atoms with van der Waals surface area (Å²) in [5.74, 6) is 1.38. The first-order valence-corrected chi connectivity index (χ1v) is 17.0. The predicted molar refractivity (Wildman–Crippen MR) is 180 cm³/mol. The summed E-state index contributed by atoms with van der Waals surface area (Å²) >= 11 is 0. The molecule has 1 unspecified atom stereocenters. The Hall–Kier alpha value is -3.79. The van der Waals surface area contributed by atoms with E-state index in [0.717, 1.165) is 40.3 Å². The molecule has 10 heteroatoms. The first kappa shape index (κ1) is 33.6. The zero-order chi connectivity index (χ0) is 32.6. The van der Waals surface area contributed by atoms with Crippen molar-refractivity contribution in [2.45, 2.75) is 91.3 Å². The van der Waals surface area contributed by atoms with Gasteiger partial charge in [0.05, 0.1) is 18.1 Å². The molecule has 0 bridgehead atoms. The van der Waals surface area contributed by atoms with E-state index in [1.165, 1.54) is 43.0 Å². The maximum Gasteiger partial charge on any atom is 0.410 e. The normalized spacial score (nSPS) is 23.1. The summed E-state index contributed by atoms with van der Waals surface area (Å²) < 4.78 is 22.3. The molecule has 0 spiro atoms. The number of anilines is 1. The number of nitrogens with one attached hydrogen (secondary N) is 1. The number of fused-ring (bicyclic) bond motifs is 1. The summed E-state index contributed by atoms with van der Waals surface area (Å²) in [4.78, 5) is 32.9. The van der Waals surface area contributed by atoms with Crippen molar-refractivity contribution in [1.82, 2.24) is 24.6 Å². The van der Waals surface area contributed by atoms with Crippen LogP contribution in [-0.2, 0) is 9.53 Å². The molecular formula is C36H48FN6O3. The van der Waals surface area contributed by atoms with Gasteiger partial charge in [0.15, 0.2) is 11.6 Å². The van der Waals surface area contributed by atoms with Crippen molar-refractivity contribution in [2.75, 3.05) is 31.5 Å². The Morgan fingerprint density at radius 1 is 1.07 bits per heavy atom. The molecule has 1 saturated carbocycles. The van der Waals surface area contributed by atoms with Crippen LogP contribution in [0.1, 0.15) is 84.8 Å². The van der Waals surface area contributed by atoms with Crippen molar-refractivity contribution in [3.05, 3.63) is 60.2 Å². The molecule has 1 amide bonds. The Labute approximate surface area is 272 Å². The highest BCUT2D eigenvalue weighted by molar-refractivity contribution is 5.94. The lowest BCUT2D eigenvalue weighted by Crippen LogP contribution is -2.55. The van der Waals surface area contributed by atoms with E-state index in [2.05, 4.69) is 22.3 Å². The van der Waals surface area contributed by atoms with Gasteiger partial charge in [-0.05, 0) is 43.4 Å². The van der Waals surface area contributed by atoms with Gasteiger partial charge in [-0.25, -0.2) is 13.9 Å². The molecule has 2 aromatic heterocycles. The van der Waals surface area contributed by atoms with Crippen molar-refractivity contribution in [2.24, 2.45) is 5.92 Å². The second kappa shape index (κ2) is 15.7. The van der Waals surface area contributed by atoms with E-state index in [1.54, 1.807) is 23.4 Å². The monoisotopic (exact) mass is 631 g/mol. The minimum atomic E-state index is -0.665. The maximum atomic E-state index is 15.1. The van der Waals surface area contributed by atoms with Gasteiger partial charge in [0.2, 0.25) is 0 Å². The first-order valence-electron chi connectivity index (χ1n) is 17.0. The van der Waals surface area contributed by atoms with Crippen LogP contribution >= 0.6 is 0 Å². The third kappa shape index (κ3) is 8.32. The number of carbonyl (C=O) groups excluding carboxylic acids is 2. The third-order valence-electron chi connectivity index (χ3n) is 9.08. The molecule has 2 atom stereocenters. The number of pyridine rings is 1.